The van der Waals surface area contributed by atoms with Crippen molar-refractivity contribution in [3.05, 3.63) is 130 Å². The Labute approximate surface area is 205 Å². The Bertz CT molecular complexity index is 1440. The lowest BCUT2D eigenvalue weighted by Gasteiger charge is -2.17. The van der Waals surface area contributed by atoms with Gasteiger partial charge in [0.05, 0.1) is 0 Å². The first-order valence-corrected chi connectivity index (χ1v) is 11.7. The van der Waals surface area contributed by atoms with Gasteiger partial charge in [0.25, 0.3) is 0 Å². The van der Waals surface area contributed by atoms with E-state index in [1.807, 2.05) is 48.5 Å². The second-order valence-corrected chi connectivity index (χ2v) is 8.95. The van der Waals surface area contributed by atoms with Gasteiger partial charge in [-0.15, -0.1) is 0 Å². The average molecular weight is 465 g/mol. The van der Waals surface area contributed by atoms with Crippen LogP contribution in [0.4, 0.5) is 0 Å². The van der Waals surface area contributed by atoms with Gasteiger partial charge in [-0.3, -0.25) is 0 Å². The van der Waals surface area contributed by atoms with E-state index < -0.39 is 0 Å². The molecule has 1 N–H and O–H groups in total. The molecule has 5 rings (SSSR count). The Morgan fingerprint density at radius 1 is 0.794 bits per heavy atom. The van der Waals surface area contributed by atoms with Crippen molar-refractivity contribution < 1.29 is 9.84 Å². The summed E-state index contributed by atoms with van der Waals surface area (Å²) in [6.45, 7) is 2.55. The highest BCUT2D eigenvalue weighted by Gasteiger charge is 2.15. The average Bonchev–Trinajstić information content (AvgIpc) is 2.86. The third kappa shape index (κ3) is 4.64. The molecule has 2 nitrogen and oxygen atoms in total. The molecule has 0 saturated carbocycles. The van der Waals surface area contributed by atoms with Crippen LogP contribution < -0.4 is 4.74 Å². The highest BCUT2D eigenvalue weighted by atomic mass is 35.5. The highest BCUT2D eigenvalue weighted by molar-refractivity contribution is 6.31. The van der Waals surface area contributed by atoms with Crippen LogP contribution in [0.1, 0.15) is 22.3 Å². The van der Waals surface area contributed by atoms with Gasteiger partial charge in [-0.2, -0.15) is 0 Å². The van der Waals surface area contributed by atoms with Crippen LogP contribution in [0.5, 0.6) is 11.5 Å². The maximum absolute atomic E-state index is 10.8. The topological polar surface area (TPSA) is 29.5 Å². The van der Waals surface area contributed by atoms with E-state index >= 15 is 0 Å². The molecule has 0 amide bonds. The number of fused-ring (bicyclic) bond motifs is 1. The van der Waals surface area contributed by atoms with Crippen LogP contribution in [0, 0.1) is 6.92 Å². The first-order valence-electron chi connectivity index (χ1n) is 11.3. The van der Waals surface area contributed by atoms with Crippen molar-refractivity contribution in [3.63, 3.8) is 0 Å². The number of benzene rings is 5. The normalized spacial score (nSPS) is 11.0. The summed E-state index contributed by atoms with van der Waals surface area (Å²) in [5, 5.41) is 13.5. The van der Waals surface area contributed by atoms with E-state index in [0.29, 0.717) is 18.1 Å². The smallest absolute Gasteiger partial charge is 0.128 e. The number of hydrogen-bond donors (Lipinski definition) is 1. The van der Waals surface area contributed by atoms with E-state index in [4.69, 9.17) is 16.3 Å². The second kappa shape index (κ2) is 9.62. The monoisotopic (exact) mass is 464 g/mol. The molecule has 5 aromatic rings. The van der Waals surface area contributed by atoms with Gasteiger partial charge in [0, 0.05) is 22.6 Å². The van der Waals surface area contributed by atoms with Gasteiger partial charge in [-0.1, -0.05) is 96.0 Å². The molecule has 3 heteroatoms. The Kier molecular flexibility index (Phi) is 6.24. The molecule has 0 aliphatic heterocycles. The lowest BCUT2D eigenvalue weighted by molar-refractivity contribution is 0.308. The van der Waals surface area contributed by atoms with Crippen LogP contribution in [0.3, 0.4) is 0 Å². The molecule has 0 fully saturated rings. The number of rotatable bonds is 6. The van der Waals surface area contributed by atoms with Crippen molar-refractivity contribution in [2.75, 3.05) is 0 Å². The van der Waals surface area contributed by atoms with E-state index in [-0.39, 0.29) is 5.75 Å². The number of hydrogen-bond acceptors (Lipinski definition) is 2. The fourth-order valence-electron chi connectivity index (χ4n) is 4.23. The Balaban J connectivity index is 1.64. The van der Waals surface area contributed by atoms with Crippen molar-refractivity contribution in [1.82, 2.24) is 0 Å². The van der Waals surface area contributed by atoms with Crippen LogP contribution >= 0.6 is 11.6 Å². The SMILES string of the molecule is Cc1ccc(-c2cc3ccc(O)c(Cc4ccccc4Cl)c3cc2OCc2ccccc2)cc1. The molecule has 0 saturated heterocycles. The summed E-state index contributed by atoms with van der Waals surface area (Å²) in [5.74, 6) is 1.04. The largest absolute Gasteiger partial charge is 0.508 e. The molecule has 168 valence electrons. The molecule has 0 unspecified atom stereocenters. The van der Waals surface area contributed by atoms with E-state index in [9.17, 15) is 5.11 Å². The van der Waals surface area contributed by atoms with Crippen LogP contribution in [0.15, 0.2) is 103 Å². The summed E-state index contributed by atoms with van der Waals surface area (Å²) in [4.78, 5) is 0. The summed E-state index contributed by atoms with van der Waals surface area (Å²) < 4.78 is 6.38. The van der Waals surface area contributed by atoms with E-state index in [1.54, 1.807) is 6.07 Å². The van der Waals surface area contributed by atoms with Crippen molar-refractivity contribution in [3.8, 4) is 22.6 Å². The predicted octanol–water partition coefficient (Wildman–Crippen LogP) is 8.34. The number of aryl methyl sites for hydroxylation is 1. The first kappa shape index (κ1) is 22.1. The molecule has 0 bridgehead atoms. The van der Waals surface area contributed by atoms with Gasteiger partial charge >= 0.3 is 0 Å². The number of aromatic hydroxyl groups is 1. The zero-order chi connectivity index (χ0) is 23.5. The fourth-order valence-corrected chi connectivity index (χ4v) is 4.44. The molecule has 34 heavy (non-hydrogen) atoms. The molecule has 0 heterocycles. The maximum atomic E-state index is 10.8. The minimum absolute atomic E-state index is 0.254. The molecule has 0 aliphatic rings. The lowest BCUT2D eigenvalue weighted by Crippen LogP contribution is -1.99. The van der Waals surface area contributed by atoms with Gasteiger partial charge in [-0.25, -0.2) is 0 Å². The molecule has 0 atom stereocenters. The van der Waals surface area contributed by atoms with Crippen molar-refractivity contribution in [1.29, 1.82) is 0 Å². The minimum Gasteiger partial charge on any atom is -0.508 e. The zero-order valence-corrected chi connectivity index (χ0v) is 19.7. The number of phenols is 1. The summed E-state index contributed by atoms with van der Waals surface area (Å²) in [6.07, 6.45) is 0.533. The zero-order valence-electron chi connectivity index (χ0n) is 19.0. The van der Waals surface area contributed by atoms with Crippen LogP contribution in [-0.2, 0) is 13.0 Å². The van der Waals surface area contributed by atoms with E-state index in [0.717, 1.165) is 44.3 Å². The molecule has 0 aliphatic carbocycles. The van der Waals surface area contributed by atoms with Gasteiger partial charge < -0.3 is 9.84 Å². The number of halogens is 1. The Morgan fingerprint density at radius 2 is 1.53 bits per heavy atom. The summed E-state index contributed by atoms with van der Waals surface area (Å²) in [7, 11) is 0. The number of phenolic OH excluding ortho intramolecular Hbond substituents is 1. The standard InChI is InChI=1S/C31H25ClO2/c1-21-11-13-23(14-12-21)27-17-24-15-16-30(33)28(18-25-9-5-6-10-29(25)32)26(24)19-31(27)34-20-22-7-3-2-4-8-22/h2-17,19,33H,18,20H2,1H3. The molecule has 5 aromatic carbocycles. The molecule has 0 spiro atoms. The van der Waals surface area contributed by atoms with E-state index in [1.165, 1.54) is 5.56 Å². The van der Waals surface area contributed by atoms with Gasteiger partial charge in [0.1, 0.15) is 18.1 Å². The minimum atomic E-state index is 0.254. The van der Waals surface area contributed by atoms with Crippen LogP contribution in [-0.4, -0.2) is 5.11 Å². The summed E-state index contributed by atoms with van der Waals surface area (Å²) in [5.41, 5.74) is 6.24. The molecular weight excluding hydrogens is 440 g/mol. The third-order valence-corrected chi connectivity index (χ3v) is 6.50. The van der Waals surface area contributed by atoms with Crippen LogP contribution in [0.2, 0.25) is 5.02 Å². The fraction of sp³-hybridized carbons (Fsp3) is 0.0968. The lowest BCUT2D eigenvalue weighted by atomic mass is 9.93. The molecule has 0 radical (unpaired) electrons. The summed E-state index contributed by atoms with van der Waals surface area (Å²) >= 11 is 6.44. The third-order valence-electron chi connectivity index (χ3n) is 6.13. The van der Waals surface area contributed by atoms with Gasteiger partial charge in [0.2, 0.25) is 0 Å². The van der Waals surface area contributed by atoms with Crippen molar-refractivity contribution in [2.45, 2.75) is 20.0 Å². The highest BCUT2D eigenvalue weighted by Crippen LogP contribution is 2.39. The molecular formula is C31H25ClO2. The van der Waals surface area contributed by atoms with Crippen molar-refractivity contribution in [2.24, 2.45) is 0 Å². The van der Waals surface area contributed by atoms with Gasteiger partial charge in [-0.05, 0) is 58.7 Å². The Hall–Kier alpha value is -3.75. The maximum Gasteiger partial charge on any atom is 0.128 e. The number of ether oxygens (including phenoxy) is 1. The van der Waals surface area contributed by atoms with E-state index in [2.05, 4.69) is 55.5 Å². The molecule has 0 aromatic heterocycles. The summed E-state index contributed by atoms with van der Waals surface area (Å²) in [6, 6.07) is 34.3. The predicted molar refractivity (Wildman–Crippen MR) is 141 cm³/mol. The Morgan fingerprint density at radius 3 is 2.29 bits per heavy atom. The quantitative estimate of drug-likeness (QED) is 0.273. The first-order chi connectivity index (χ1) is 16.6. The van der Waals surface area contributed by atoms with Crippen LogP contribution in [0.25, 0.3) is 21.9 Å². The second-order valence-electron chi connectivity index (χ2n) is 8.54. The van der Waals surface area contributed by atoms with Crippen molar-refractivity contribution >= 4 is 22.4 Å². The van der Waals surface area contributed by atoms with Gasteiger partial charge in [0.15, 0.2) is 0 Å².